The van der Waals surface area contributed by atoms with Crippen molar-refractivity contribution in [3.05, 3.63) is 120 Å². The zero-order valence-electron chi connectivity index (χ0n) is 28.3. The number of phenols is 2. The highest BCUT2D eigenvalue weighted by Gasteiger charge is 2.24. The van der Waals surface area contributed by atoms with Gasteiger partial charge in [-0.1, -0.05) is 84.0 Å². The monoisotopic (exact) mass is 632 g/mol. The molecule has 0 aliphatic carbocycles. The molecule has 7 rings (SSSR count). The Morgan fingerprint density at radius 1 is 0.604 bits per heavy atom. The molecule has 1 aliphatic heterocycles. The van der Waals surface area contributed by atoms with Gasteiger partial charge in [0.05, 0.1) is 28.1 Å². The molecule has 0 saturated heterocycles. The quantitative estimate of drug-likeness (QED) is 0.168. The van der Waals surface area contributed by atoms with E-state index in [1.807, 2.05) is 91.0 Å². The first-order valence-electron chi connectivity index (χ1n) is 16.4. The highest BCUT2D eigenvalue weighted by molar-refractivity contribution is 6.04. The van der Waals surface area contributed by atoms with Gasteiger partial charge in [-0.05, 0) is 76.6 Å². The van der Waals surface area contributed by atoms with E-state index in [9.17, 15) is 10.2 Å². The lowest BCUT2D eigenvalue weighted by Crippen LogP contribution is -2.17. The number of dihydropyridines is 1. The van der Waals surface area contributed by atoms with Crippen LogP contribution in [0.25, 0.3) is 61.3 Å². The standard InChI is InChI=1S/C42H40N4O2/c1-41(2,3)27-21-29(33-11-7-9-19-43-33)39(47)31(23-27)35-17-15-25-13-14-26-16-18-36(46-38(26)37(25)45-35)32-24-28(42(4,5)6)22-30(40(32)48)34-12-8-10-20-44-34/h7-19,21-24,44,47-48H,20H2,1-6H3. The van der Waals surface area contributed by atoms with E-state index in [-0.39, 0.29) is 22.3 Å². The van der Waals surface area contributed by atoms with Gasteiger partial charge in [-0.3, -0.25) is 4.98 Å². The SMILES string of the molecule is CC(C)(C)c1cc(C2=CC=CCN2)c(O)c(-c2ccc3ccc4ccc(-c5cc(C(C)(C)C)cc(-c6ccccn6)c5O)nc4c3n2)c1. The van der Waals surface area contributed by atoms with E-state index >= 15 is 0 Å². The molecular weight excluding hydrogens is 592 g/mol. The summed E-state index contributed by atoms with van der Waals surface area (Å²) in [6.07, 6.45) is 7.78. The fourth-order valence-electron chi connectivity index (χ4n) is 6.16. The summed E-state index contributed by atoms with van der Waals surface area (Å²) in [4.78, 5) is 14.9. The van der Waals surface area contributed by atoms with Crippen molar-refractivity contribution in [1.29, 1.82) is 0 Å². The lowest BCUT2D eigenvalue weighted by Gasteiger charge is -2.24. The van der Waals surface area contributed by atoms with E-state index in [2.05, 4.69) is 57.9 Å². The molecule has 0 saturated carbocycles. The zero-order valence-corrected chi connectivity index (χ0v) is 28.3. The van der Waals surface area contributed by atoms with E-state index in [0.717, 1.165) is 44.2 Å². The summed E-state index contributed by atoms with van der Waals surface area (Å²) in [7, 11) is 0. The van der Waals surface area contributed by atoms with Crippen molar-refractivity contribution in [3.8, 4) is 45.3 Å². The molecular formula is C42H40N4O2. The van der Waals surface area contributed by atoms with Gasteiger partial charge in [0.2, 0.25) is 0 Å². The number of rotatable bonds is 4. The van der Waals surface area contributed by atoms with E-state index < -0.39 is 0 Å². The van der Waals surface area contributed by atoms with Crippen LogP contribution in [0.1, 0.15) is 58.2 Å². The van der Waals surface area contributed by atoms with Crippen molar-refractivity contribution in [2.75, 3.05) is 6.54 Å². The van der Waals surface area contributed by atoms with Crippen molar-refractivity contribution >= 4 is 27.5 Å². The largest absolute Gasteiger partial charge is 0.507 e. The first kappa shape index (κ1) is 31.1. The van der Waals surface area contributed by atoms with Gasteiger partial charge in [0.1, 0.15) is 11.5 Å². The Balaban J connectivity index is 1.44. The molecule has 3 aromatic heterocycles. The summed E-state index contributed by atoms with van der Waals surface area (Å²) >= 11 is 0. The van der Waals surface area contributed by atoms with Crippen LogP contribution in [0.2, 0.25) is 0 Å². The predicted molar refractivity (Wildman–Crippen MR) is 197 cm³/mol. The normalized spacial score (nSPS) is 13.5. The summed E-state index contributed by atoms with van der Waals surface area (Å²) < 4.78 is 0. The molecule has 0 fully saturated rings. The Labute approximate surface area is 281 Å². The number of benzene rings is 3. The molecule has 48 heavy (non-hydrogen) atoms. The Kier molecular flexibility index (Phi) is 7.55. The van der Waals surface area contributed by atoms with Gasteiger partial charge in [0.25, 0.3) is 0 Å². The van der Waals surface area contributed by atoms with Gasteiger partial charge in [-0.2, -0.15) is 0 Å². The minimum Gasteiger partial charge on any atom is -0.507 e. The average Bonchev–Trinajstić information content (AvgIpc) is 3.07. The minimum atomic E-state index is -0.173. The highest BCUT2D eigenvalue weighted by Crippen LogP contribution is 2.43. The first-order chi connectivity index (χ1) is 22.9. The van der Waals surface area contributed by atoms with Gasteiger partial charge in [-0.25, -0.2) is 9.97 Å². The number of fused-ring (bicyclic) bond motifs is 3. The van der Waals surface area contributed by atoms with Gasteiger partial charge < -0.3 is 15.5 Å². The number of nitrogens with one attached hydrogen (secondary N) is 1. The Hall–Kier alpha value is -5.49. The maximum atomic E-state index is 11.7. The molecule has 0 radical (unpaired) electrons. The molecule has 1 aliphatic rings. The number of aromatic hydroxyl groups is 2. The summed E-state index contributed by atoms with van der Waals surface area (Å²) in [6.45, 7) is 13.7. The summed E-state index contributed by atoms with van der Waals surface area (Å²) in [5.74, 6) is 0.322. The second-order valence-corrected chi connectivity index (χ2v) is 14.5. The predicted octanol–water partition coefficient (Wildman–Crippen LogP) is 9.69. The van der Waals surface area contributed by atoms with Crippen molar-refractivity contribution < 1.29 is 10.2 Å². The molecule has 0 atom stereocenters. The molecule has 0 spiro atoms. The molecule has 4 heterocycles. The number of hydrogen-bond donors (Lipinski definition) is 3. The zero-order chi connectivity index (χ0) is 33.8. The van der Waals surface area contributed by atoms with Crippen LogP contribution >= 0.6 is 0 Å². The first-order valence-corrected chi connectivity index (χ1v) is 16.4. The van der Waals surface area contributed by atoms with Crippen molar-refractivity contribution in [2.45, 2.75) is 52.4 Å². The van der Waals surface area contributed by atoms with E-state index in [4.69, 9.17) is 9.97 Å². The number of phenolic OH excluding ortho intramolecular Hbond substituents is 2. The van der Waals surface area contributed by atoms with E-state index in [1.165, 1.54) is 0 Å². The Morgan fingerprint density at radius 3 is 1.58 bits per heavy atom. The summed E-state index contributed by atoms with van der Waals surface area (Å²) in [5, 5.41) is 28.7. The van der Waals surface area contributed by atoms with Crippen molar-refractivity contribution in [3.63, 3.8) is 0 Å². The topological polar surface area (TPSA) is 91.2 Å². The Bertz CT molecular complexity index is 2270. The van der Waals surface area contributed by atoms with Crippen molar-refractivity contribution in [2.24, 2.45) is 0 Å². The molecule has 3 aromatic carbocycles. The molecule has 3 N–H and O–H groups in total. The van der Waals surface area contributed by atoms with Crippen LogP contribution in [0.5, 0.6) is 11.5 Å². The summed E-state index contributed by atoms with van der Waals surface area (Å²) in [6, 6.07) is 25.9. The smallest absolute Gasteiger partial charge is 0.134 e. The second-order valence-electron chi connectivity index (χ2n) is 14.5. The van der Waals surface area contributed by atoms with Crippen LogP contribution in [-0.2, 0) is 10.8 Å². The van der Waals surface area contributed by atoms with Gasteiger partial charge in [0.15, 0.2) is 0 Å². The van der Waals surface area contributed by atoms with Crippen molar-refractivity contribution in [1.82, 2.24) is 20.3 Å². The molecule has 0 bridgehead atoms. The Morgan fingerprint density at radius 2 is 1.10 bits per heavy atom. The van der Waals surface area contributed by atoms with Crippen LogP contribution in [0, 0.1) is 0 Å². The van der Waals surface area contributed by atoms with Gasteiger partial charge >= 0.3 is 0 Å². The summed E-state index contributed by atoms with van der Waals surface area (Å²) in [5.41, 5.74) is 8.90. The fourth-order valence-corrected chi connectivity index (χ4v) is 6.16. The van der Waals surface area contributed by atoms with Crippen LogP contribution in [0.15, 0.2) is 103 Å². The van der Waals surface area contributed by atoms with Gasteiger partial charge in [0, 0.05) is 51.5 Å². The van der Waals surface area contributed by atoms with Crippen LogP contribution in [-0.4, -0.2) is 31.7 Å². The second kappa shape index (κ2) is 11.6. The molecule has 6 nitrogen and oxygen atoms in total. The number of nitrogens with zero attached hydrogens (tertiary/aromatic N) is 3. The fraction of sp³-hybridized carbons (Fsp3) is 0.214. The average molecular weight is 633 g/mol. The van der Waals surface area contributed by atoms with Crippen LogP contribution < -0.4 is 5.32 Å². The number of hydrogen-bond acceptors (Lipinski definition) is 6. The number of pyridine rings is 3. The lowest BCUT2D eigenvalue weighted by atomic mass is 9.83. The third-order valence-electron chi connectivity index (χ3n) is 9.06. The lowest BCUT2D eigenvalue weighted by molar-refractivity contribution is 0.473. The number of aromatic nitrogens is 3. The molecule has 240 valence electrons. The maximum absolute atomic E-state index is 11.7. The van der Waals surface area contributed by atoms with Gasteiger partial charge in [-0.15, -0.1) is 0 Å². The van der Waals surface area contributed by atoms with E-state index in [1.54, 1.807) is 6.20 Å². The number of allylic oxidation sites excluding steroid dienone is 2. The minimum absolute atomic E-state index is 0.138. The molecule has 0 amide bonds. The third-order valence-corrected chi connectivity index (χ3v) is 9.06. The third kappa shape index (κ3) is 5.68. The van der Waals surface area contributed by atoms with E-state index in [0.29, 0.717) is 40.3 Å². The van der Waals surface area contributed by atoms with Crippen LogP contribution in [0.4, 0.5) is 0 Å². The maximum Gasteiger partial charge on any atom is 0.134 e. The molecule has 0 unspecified atom stereocenters. The molecule has 6 heteroatoms. The van der Waals surface area contributed by atoms with Crippen LogP contribution in [0.3, 0.4) is 0 Å². The molecule has 6 aromatic rings. The highest BCUT2D eigenvalue weighted by atomic mass is 16.3.